The van der Waals surface area contributed by atoms with Gasteiger partial charge < -0.3 is 10.6 Å². The summed E-state index contributed by atoms with van der Waals surface area (Å²) in [6.07, 6.45) is 2.20. The zero-order valence-corrected chi connectivity index (χ0v) is 10.0. The van der Waals surface area contributed by atoms with Crippen molar-refractivity contribution in [3.05, 3.63) is 35.4 Å². The molecule has 2 nitrogen and oxygen atoms in total. The van der Waals surface area contributed by atoms with E-state index in [-0.39, 0.29) is 0 Å². The van der Waals surface area contributed by atoms with Crippen LogP contribution in [0.5, 0.6) is 0 Å². The summed E-state index contributed by atoms with van der Waals surface area (Å²) < 4.78 is 0. The van der Waals surface area contributed by atoms with Crippen molar-refractivity contribution >= 4 is 11.4 Å². The van der Waals surface area contributed by atoms with Crippen molar-refractivity contribution in [2.45, 2.75) is 20.8 Å². The molecule has 0 aliphatic heterocycles. The van der Waals surface area contributed by atoms with Gasteiger partial charge in [0.05, 0.1) is 11.4 Å². The third-order valence-corrected chi connectivity index (χ3v) is 2.37. The SMILES string of the molecule is CC(C)=CCN(C)c1cc(C)ccc1N. The summed E-state index contributed by atoms with van der Waals surface area (Å²) in [6, 6.07) is 6.12. The van der Waals surface area contributed by atoms with Crippen LogP contribution in [-0.4, -0.2) is 13.6 Å². The van der Waals surface area contributed by atoms with Crippen LogP contribution in [0.4, 0.5) is 11.4 Å². The van der Waals surface area contributed by atoms with E-state index in [1.807, 2.05) is 12.1 Å². The topological polar surface area (TPSA) is 29.3 Å². The fourth-order valence-electron chi connectivity index (χ4n) is 1.40. The Morgan fingerprint density at radius 1 is 1.40 bits per heavy atom. The molecule has 82 valence electrons. The van der Waals surface area contributed by atoms with Crippen LogP contribution in [0.15, 0.2) is 29.8 Å². The molecule has 0 atom stereocenters. The predicted molar refractivity (Wildman–Crippen MR) is 68.3 cm³/mol. The zero-order chi connectivity index (χ0) is 11.4. The average Bonchev–Trinajstić information content (AvgIpc) is 2.18. The minimum absolute atomic E-state index is 0.838. The zero-order valence-electron chi connectivity index (χ0n) is 10.0. The van der Waals surface area contributed by atoms with Crippen LogP contribution in [0.3, 0.4) is 0 Å². The number of aryl methyl sites for hydroxylation is 1. The minimum Gasteiger partial charge on any atom is -0.397 e. The highest BCUT2D eigenvalue weighted by Crippen LogP contribution is 2.23. The molecule has 0 aliphatic carbocycles. The summed E-state index contributed by atoms with van der Waals surface area (Å²) >= 11 is 0. The molecule has 0 radical (unpaired) electrons. The third kappa shape index (κ3) is 3.31. The lowest BCUT2D eigenvalue weighted by atomic mass is 10.2. The van der Waals surface area contributed by atoms with E-state index in [1.54, 1.807) is 0 Å². The Hall–Kier alpha value is -1.44. The van der Waals surface area contributed by atoms with E-state index in [9.17, 15) is 0 Å². The van der Waals surface area contributed by atoms with Crippen molar-refractivity contribution in [1.82, 2.24) is 0 Å². The number of likely N-dealkylation sites (N-methyl/N-ethyl adjacent to an activating group) is 1. The standard InChI is InChI=1S/C13H20N2/c1-10(2)7-8-15(4)13-9-11(3)5-6-12(13)14/h5-7,9H,8,14H2,1-4H3. The Morgan fingerprint density at radius 2 is 2.07 bits per heavy atom. The fourth-order valence-corrected chi connectivity index (χ4v) is 1.40. The van der Waals surface area contributed by atoms with Gasteiger partial charge in [-0.25, -0.2) is 0 Å². The van der Waals surface area contributed by atoms with Gasteiger partial charge in [-0.1, -0.05) is 17.7 Å². The first-order valence-corrected chi connectivity index (χ1v) is 5.21. The smallest absolute Gasteiger partial charge is 0.0602 e. The third-order valence-electron chi connectivity index (χ3n) is 2.37. The molecule has 0 aliphatic rings. The Bertz CT molecular complexity index is 363. The Balaban J connectivity index is 2.85. The number of hydrogen-bond donors (Lipinski definition) is 1. The molecule has 2 N–H and O–H groups in total. The number of nitrogens with zero attached hydrogens (tertiary/aromatic N) is 1. The van der Waals surface area contributed by atoms with E-state index < -0.39 is 0 Å². The van der Waals surface area contributed by atoms with Gasteiger partial charge in [0.2, 0.25) is 0 Å². The number of benzene rings is 1. The predicted octanol–water partition coefficient (Wildman–Crippen LogP) is 2.98. The van der Waals surface area contributed by atoms with Gasteiger partial charge in [-0.15, -0.1) is 0 Å². The first kappa shape index (κ1) is 11.6. The summed E-state index contributed by atoms with van der Waals surface area (Å²) in [5, 5.41) is 0. The van der Waals surface area contributed by atoms with Crippen LogP contribution >= 0.6 is 0 Å². The van der Waals surface area contributed by atoms with E-state index in [0.29, 0.717) is 0 Å². The van der Waals surface area contributed by atoms with Crippen LogP contribution < -0.4 is 10.6 Å². The van der Waals surface area contributed by atoms with Gasteiger partial charge in [0.15, 0.2) is 0 Å². The molecule has 15 heavy (non-hydrogen) atoms. The maximum atomic E-state index is 5.93. The van der Waals surface area contributed by atoms with Gasteiger partial charge in [0.1, 0.15) is 0 Å². The molecular formula is C13H20N2. The largest absolute Gasteiger partial charge is 0.397 e. The van der Waals surface area contributed by atoms with Crippen molar-refractivity contribution in [3.8, 4) is 0 Å². The summed E-state index contributed by atoms with van der Waals surface area (Å²) in [4.78, 5) is 2.16. The summed E-state index contributed by atoms with van der Waals surface area (Å²) in [5.74, 6) is 0. The van der Waals surface area contributed by atoms with Crippen LogP contribution in [-0.2, 0) is 0 Å². The molecule has 0 heterocycles. The van der Waals surface area contributed by atoms with Gasteiger partial charge in [-0.3, -0.25) is 0 Å². The molecule has 0 aromatic heterocycles. The second-order valence-corrected chi connectivity index (χ2v) is 4.22. The number of hydrogen-bond acceptors (Lipinski definition) is 2. The van der Waals surface area contributed by atoms with Crippen LogP contribution in [0.2, 0.25) is 0 Å². The lowest BCUT2D eigenvalue weighted by molar-refractivity contribution is 1.02. The molecule has 2 heteroatoms. The molecule has 1 aromatic carbocycles. The van der Waals surface area contributed by atoms with Gasteiger partial charge in [-0.05, 0) is 38.5 Å². The minimum atomic E-state index is 0.838. The van der Waals surface area contributed by atoms with Crippen LogP contribution in [0, 0.1) is 6.92 Å². The highest BCUT2D eigenvalue weighted by molar-refractivity contribution is 5.68. The maximum Gasteiger partial charge on any atom is 0.0602 e. The van der Waals surface area contributed by atoms with E-state index in [4.69, 9.17) is 5.73 Å². The van der Waals surface area contributed by atoms with Gasteiger partial charge >= 0.3 is 0 Å². The quantitative estimate of drug-likeness (QED) is 0.606. The summed E-state index contributed by atoms with van der Waals surface area (Å²) in [5.41, 5.74) is 10.4. The molecule has 0 saturated heterocycles. The number of anilines is 2. The van der Waals surface area contributed by atoms with Crippen LogP contribution in [0.1, 0.15) is 19.4 Å². The Labute approximate surface area is 92.4 Å². The molecular weight excluding hydrogens is 184 g/mol. The van der Waals surface area contributed by atoms with Crippen molar-refractivity contribution in [2.75, 3.05) is 24.2 Å². The lowest BCUT2D eigenvalue weighted by Gasteiger charge is -2.20. The van der Waals surface area contributed by atoms with Gasteiger partial charge in [0, 0.05) is 13.6 Å². The van der Waals surface area contributed by atoms with E-state index in [1.165, 1.54) is 11.1 Å². The second kappa shape index (κ2) is 4.87. The monoisotopic (exact) mass is 204 g/mol. The van der Waals surface area contributed by atoms with E-state index in [0.717, 1.165) is 17.9 Å². The number of nitrogens with two attached hydrogens (primary N) is 1. The summed E-state index contributed by atoms with van der Waals surface area (Å²) in [7, 11) is 2.06. The fraction of sp³-hybridized carbons (Fsp3) is 0.385. The molecule has 0 amide bonds. The lowest BCUT2D eigenvalue weighted by Crippen LogP contribution is -2.18. The number of rotatable bonds is 3. The van der Waals surface area contributed by atoms with Crippen molar-refractivity contribution in [2.24, 2.45) is 0 Å². The molecule has 0 spiro atoms. The van der Waals surface area contributed by atoms with Gasteiger partial charge in [0.25, 0.3) is 0 Å². The van der Waals surface area contributed by atoms with Crippen molar-refractivity contribution < 1.29 is 0 Å². The molecule has 0 bridgehead atoms. The van der Waals surface area contributed by atoms with Crippen molar-refractivity contribution in [1.29, 1.82) is 0 Å². The Morgan fingerprint density at radius 3 is 2.67 bits per heavy atom. The first-order chi connectivity index (χ1) is 7.00. The highest BCUT2D eigenvalue weighted by Gasteiger charge is 2.03. The van der Waals surface area contributed by atoms with E-state index in [2.05, 4.69) is 44.9 Å². The highest BCUT2D eigenvalue weighted by atomic mass is 15.1. The maximum absolute atomic E-state index is 5.93. The molecule has 0 saturated carbocycles. The Kier molecular flexibility index (Phi) is 3.78. The second-order valence-electron chi connectivity index (χ2n) is 4.22. The number of nitrogen functional groups attached to an aromatic ring is 1. The van der Waals surface area contributed by atoms with Crippen LogP contribution in [0.25, 0.3) is 0 Å². The molecule has 1 aromatic rings. The van der Waals surface area contributed by atoms with Crippen molar-refractivity contribution in [3.63, 3.8) is 0 Å². The van der Waals surface area contributed by atoms with E-state index >= 15 is 0 Å². The average molecular weight is 204 g/mol. The molecule has 0 unspecified atom stereocenters. The molecule has 0 fully saturated rings. The first-order valence-electron chi connectivity index (χ1n) is 5.21. The van der Waals surface area contributed by atoms with Gasteiger partial charge in [-0.2, -0.15) is 0 Å². The number of allylic oxidation sites excluding steroid dienone is 1. The normalized spacial score (nSPS) is 9.87. The molecule has 1 rings (SSSR count). The summed E-state index contributed by atoms with van der Waals surface area (Å²) in [6.45, 7) is 7.19.